The molecule has 0 aromatic rings. The number of cyclic esters (lactones) is 2. The van der Waals surface area contributed by atoms with Crippen LogP contribution < -0.4 is 0 Å². The van der Waals surface area contributed by atoms with E-state index in [0.717, 1.165) is 0 Å². The molecule has 2 fully saturated rings. The summed E-state index contributed by atoms with van der Waals surface area (Å²) in [5.41, 5.74) is 0. The predicted molar refractivity (Wildman–Crippen MR) is 34.9 cm³/mol. The molecule has 0 saturated carbocycles. The Bertz CT molecular complexity index is 204. The molecule has 5 nitrogen and oxygen atoms in total. The van der Waals surface area contributed by atoms with Crippen LogP contribution in [0.15, 0.2) is 0 Å². The Morgan fingerprint density at radius 3 is 2.08 bits per heavy atom. The fourth-order valence-corrected chi connectivity index (χ4v) is 1.09. The molecule has 0 amide bonds. The van der Waals surface area contributed by atoms with Crippen LogP contribution in [0.5, 0.6) is 0 Å². The average molecular weight is 172 g/mol. The van der Waals surface area contributed by atoms with Gasteiger partial charge >= 0.3 is 11.9 Å². The van der Waals surface area contributed by atoms with Gasteiger partial charge in [-0.25, -0.2) is 0 Å². The summed E-state index contributed by atoms with van der Waals surface area (Å²) in [6.45, 7) is 0.983. The van der Waals surface area contributed by atoms with Gasteiger partial charge in [-0.3, -0.25) is 9.59 Å². The molecule has 2 aliphatic rings. The van der Waals surface area contributed by atoms with Crippen LogP contribution in [0.1, 0.15) is 6.42 Å². The molecule has 0 aromatic heterocycles. The third kappa shape index (κ3) is 1.27. The van der Waals surface area contributed by atoms with Crippen molar-refractivity contribution in [1.29, 1.82) is 0 Å². The standard InChI is InChI=1S/C7H8O5/c8-5-1-6(9)12-7(11-5)4-2-10-3-4/h4,7H,1-3H2. The Balaban J connectivity index is 1.96. The van der Waals surface area contributed by atoms with E-state index in [1.54, 1.807) is 0 Å². The number of rotatable bonds is 1. The van der Waals surface area contributed by atoms with Crippen molar-refractivity contribution in [2.75, 3.05) is 13.2 Å². The first-order chi connectivity index (χ1) is 5.75. The molecule has 2 aliphatic heterocycles. The van der Waals surface area contributed by atoms with Crippen molar-refractivity contribution in [3.8, 4) is 0 Å². The highest BCUT2D eigenvalue weighted by Crippen LogP contribution is 2.22. The number of hydrogen-bond acceptors (Lipinski definition) is 5. The molecule has 66 valence electrons. The van der Waals surface area contributed by atoms with Crippen LogP contribution in [0, 0.1) is 5.92 Å². The lowest BCUT2D eigenvalue weighted by molar-refractivity contribution is -0.235. The molecule has 0 aromatic carbocycles. The monoisotopic (exact) mass is 172 g/mol. The number of esters is 2. The van der Waals surface area contributed by atoms with E-state index in [1.165, 1.54) is 0 Å². The largest absolute Gasteiger partial charge is 0.424 e. The van der Waals surface area contributed by atoms with Crippen molar-refractivity contribution < 1.29 is 23.8 Å². The molecule has 0 spiro atoms. The highest BCUT2D eigenvalue weighted by Gasteiger charge is 2.38. The maximum absolute atomic E-state index is 10.8. The highest BCUT2D eigenvalue weighted by atomic mass is 16.7. The van der Waals surface area contributed by atoms with E-state index in [0.29, 0.717) is 13.2 Å². The summed E-state index contributed by atoms with van der Waals surface area (Å²) >= 11 is 0. The molecular weight excluding hydrogens is 164 g/mol. The van der Waals surface area contributed by atoms with Gasteiger partial charge in [0.05, 0.1) is 19.1 Å². The average Bonchev–Trinajstić information content (AvgIpc) is 1.79. The molecule has 0 N–H and O–H groups in total. The molecule has 0 unspecified atom stereocenters. The summed E-state index contributed by atoms with van der Waals surface area (Å²) in [6.07, 6.45) is -0.989. The minimum atomic E-state index is -0.715. The van der Waals surface area contributed by atoms with E-state index in [2.05, 4.69) is 0 Å². The van der Waals surface area contributed by atoms with Gasteiger partial charge < -0.3 is 14.2 Å². The first-order valence-corrected chi connectivity index (χ1v) is 3.72. The van der Waals surface area contributed by atoms with Gasteiger partial charge in [0, 0.05) is 0 Å². The smallest absolute Gasteiger partial charge is 0.320 e. The quantitative estimate of drug-likeness (QED) is 0.392. The zero-order chi connectivity index (χ0) is 8.55. The van der Waals surface area contributed by atoms with Gasteiger partial charge in [0.2, 0.25) is 0 Å². The second kappa shape index (κ2) is 2.75. The van der Waals surface area contributed by atoms with Crippen molar-refractivity contribution in [2.24, 2.45) is 5.92 Å². The van der Waals surface area contributed by atoms with Gasteiger partial charge in [-0.2, -0.15) is 0 Å². The lowest BCUT2D eigenvalue weighted by Gasteiger charge is -2.34. The number of ether oxygens (including phenoxy) is 3. The first-order valence-electron chi connectivity index (χ1n) is 3.72. The fourth-order valence-electron chi connectivity index (χ4n) is 1.09. The number of carbonyl (C=O) groups is 2. The maximum atomic E-state index is 10.8. The molecule has 0 bridgehead atoms. The van der Waals surface area contributed by atoms with Gasteiger partial charge in [-0.05, 0) is 0 Å². The molecule has 2 saturated heterocycles. The van der Waals surface area contributed by atoms with Gasteiger partial charge in [0.15, 0.2) is 0 Å². The molecular formula is C7H8O5. The second-order valence-electron chi connectivity index (χ2n) is 2.82. The molecule has 12 heavy (non-hydrogen) atoms. The van der Waals surface area contributed by atoms with E-state index in [-0.39, 0.29) is 12.3 Å². The van der Waals surface area contributed by atoms with Crippen LogP contribution in [0.25, 0.3) is 0 Å². The summed E-state index contributed by atoms with van der Waals surface area (Å²) < 4.78 is 14.5. The summed E-state index contributed by atoms with van der Waals surface area (Å²) in [4.78, 5) is 21.5. The Labute approximate surface area is 68.6 Å². The van der Waals surface area contributed by atoms with Crippen LogP contribution >= 0.6 is 0 Å². The zero-order valence-electron chi connectivity index (χ0n) is 6.32. The van der Waals surface area contributed by atoms with Gasteiger partial charge in [-0.15, -0.1) is 0 Å². The summed E-state index contributed by atoms with van der Waals surface area (Å²) in [5, 5.41) is 0. The number of carbonyl (C=O) groups excluding carboxylic acids is 2. The first kappa shape index (κ1) is 7.54. The second-order valence-corrected chi connectivity index (χ2v) is 2.82. The van der Waals surface area contributed by atoms with E-state index in [9.17, 15) is 9.59 Å². The minimum absolute atomic E-state index is 0.0261. The number of hydrogen-bond donors (Lipinski definition) is 0. The molecule has 2 heterocycles. The van der Waals surface area contributed by atoms with Crippen molar-refractivity contribution in [2.45, 2.75) is 12.7 Å². The van der Waals surface area contributed by atoms with Gasteiger partial charge in [0.1, 0.15) is 6.42 Å². The van der Waals surface area contributed by atoms with Gasteiger partial charge in [-0.1, -0.05) is 0 Å². The summed E-state index contributed by atoms with van der Waals surface area (Å²) in [5.74, 6) is -0.996. The third-order valence-electron chi connectivity index (χ3n) is 1.83. The third-order valence-corrected chi connectivity index (χ3v) is 1.83. The van der Waals surface area contributed by atoms with Crippen molar-refractivity contribution in [3.63, 3.8) is 0 Å². The fraction of sp³-hybridized carbons (Fsp3) is 0.714. The normalized spacial score (nSPS) is 26.0. The molecule has 0 aliphatic carbocycles. The zero-order valence-corrected chi connectivity index (χ0v) is 6.32. The predicted octanol–water partition coefficient (Wildman–Crippen LogP) is -0.551. The Hall–Kier alpha value is -1.10. The van der Waals surface area contributed by atoms with Crippen LogP contribution in [-0.2, 0) is 23.8 Å². The lowest BCUT2D eigenvalue weighted by atomic mass is 10.1. The highest BCUT2D eigenvalue weighted by molar-refractivity contribution is 5.92. The Kier molecular flexibility index (Phi) is 1.73. The SMILES string of the molecule is O=C1CC(=O)OC(C2COC2)O1. The molecule has 0 atom stereocenters. The van der Waals surface area contributed by atoms with Crippen molar-refractivity contribution >= 4 is 11.9 Å². The molecule has 0 radical (unpaired) electrons. The van der Waals surface area contributed by atoms with Crippen LogP contribution in [-0.4, -0.2) is 31.4 Å². The van der Waals surface area contributed by atoms with Crippen LogP contribution in [0.2, 0.25) is 0 Å². The van der Waals surface area contributed by atoms with Crippen LogP contribution in [0.4, 0.5) is 0 Å². The van der Waals surface area contributed by atoms with Crippen molar-refractivity contribution in [1.82, 2.24) is 0 Å². The maximum Gasteiger partial charge on any atom is 0.320 e. The Morgan fingerprint density at radius 2 is 1.67 bits per heavy atom. The van der Waals surface area contributed by atoms with E-state index >= 15 is 0 Å². The topological polar surface area (TPSA) is 61.8 Å². The Morgan fingerprint density at radius 1 is 1.08 bits per heavy atom. The molecule has 2 rings (SSSR count). The minimum Gasteiger partial charge on any atom is -0.424 e. The van der Waals surface area contributed by atoms with Crippen molar-refractivity contribution in [3.05, 3.63) is 0 Å². The summed E-state index contributed by atoms with van der Waals surface area (Å²) in [7, 11) is 0. The van der Waals surface area contributed by atoms with E-state index in [4.69, 9.17) is 14.2 Å². The van der Waals surface area contributed by atoms with Crippen LogP contribution in [0.3, 0.4) is 0 Å². The van der Waals surface area contributed by atoms with E-state index in [1.807, 2.05) is 0 Å². The molecule has 5 heteroatoms. The summed E-state index contributed by atoms with van der Waals surface area (Å²) in [6, 6.07) is 0. The lowest BCUT2D eigenvalue weighted by Crippen LogP contribution is -2.45. The van der Waals surface area contributed by atoms with Gasteiger partial charge in [0.25, 0.3) is 6.29 Å². The van der Waals surface area contributed by atoms with E-state index < -0.39 is 18.2 Å².